The number of benzene rings is 2. The van der Waals surface area contributed by atoms with Crippen LogP contribution < -0.4 is 5.32 Å². The van der Waals surface area contributed by atoms with Crippen LogP contribution in [0.5, 0.6) is 0 Å². The fraction of sp³-hybridized carbons (Fsp3) is 0.300. The number of methoxy groups -OCH3 is 1. The van der Waals surface area contributed by atoms with Gasteiger partial charge in [-0.05, 0) is 35.6 Å². The SMILES string of the molecule is COC(=O)[C@H](NC(=O)c1cc(Cc2ccccc2)ccc1F)C(C)C. The van der Waals surface area contributed by atoms with Crippen molar-refractivity contribution < 1.29 is 18.7 Å². The fourth-order valence-electron chi connectivity index (χ4n) is 2.53. The second-order valence-electron chi connectivity index (χ2n) is 6.19. The van der Waals surface area contributed by atoms with E-state index in [1.165, 1.54) is 19.2 Å². The summed E-state index contributed by atoms with van der Waals surface area (Å²) in [5.41, 5.74) is 1.80. The molecule has 0 aliphatic carbocycles. The molecule has 2 aromatic carbocycles. The van der Waals surface area contributed by atoms with Gasteiger partial charge >= 0.3 is 5.97 Å². The Kier molecular flexibility index (Phi) is 6.28. The first-order valence-corrected chi connectivity index (χ1v) is 8.13. The Hall–Kier alpha value is -2.69. The molecule has 0 aliphatic rings. The van der Waals surface area contributed by atoms with Crippen LogP contribution in [-0.4, -0.2) is 25.0 Å². The summed E-state index contributed by atoms with van der Waals surface area (Å²) >= 11 is 0. The molecule has 2 aromatic rings. The molecule has 0 saturated carbocycles. The quantitative estimate of drug-likeness (QED) is 0.819. The monoisotopic (exact) mass is 343 g/mol. The number of carbonyl (C=O) groups excluding carboxylic acids is 2. The molecule has 0 aliphatic heterocycles. The van der Waals surface area contributed by atoms with Gasteiger partial charge in [0.2, 0.25) is 0 Å². The molecular weight excluding hydrogens is 321 g/mol. The number of ether oxygens (including phenoxy) is 1. The lowest BCUT2D eigenvalue weighted by atomic mass is 10.0. The van der Waals surface area contributed by atoms with Crippen LogP contribution in [0.4, 0.5) is 4.39 Å². The number of carbonyl (C=O) groups is 2. The summed E-state index contributed by atoms with van der Waals surface area (Å²) < 4.78 is 18.8. The van der Waals surface area contributed by atoms with E-state index in [9.17, 15) is 14.0 Å². The van der Waals surface area contributed by atoms with E-state index in [1.54, 1.807) is 19.9 Å². The average molecular weight is 343 g/mol. The second-order valence-corrected chi connectivity index (χ2v) is 6.19. The summed E-state index contributed by atoms with van der Waals surface area (Å²) in [7, 11) is 1.25. The Labute approximate surface area is 147 Å². The highest BCUT2D eigenvalue weighted by Gasteiger charge is 2.26. The predicted octanol–water partition coefficient (Wildman–Crippen LogP) is 3.34. The third kappa shape index (κ3) is 4.89. The van der Waals surface area contributed by atoms with E-state index in [0.29, 0.717) is 6.42 Å². The fourth-order valence-corrected chi connectivity index (χ4v) is 2.53. The molecular formula is C20H22FNO3. The van der Waals surface area contributed by atoms with Gasteiger partial charge in [-0.3, -0.25) is 4.79 Å². The summed E-state index contributed by atoms with van der Waals surface area (Å²) in [5, 5.41) is 2.56. The predicted molar refractivity (Wildman–Crippen MR) is 93.8 cm³/mol. The zero-order chi connectivity index (χ0) is 18.4. The highest BCUT2D eigenvalue weighted by atomic mass is 19.1. The van der Waals surface area contributed by atoms with Crippen molar-refractivity contribution in [3.8, 4) is 0 Å². The molecule has 5 heteroatoms. The van der Waals surface area contributed by atoms with Gasteiger partial charge in [0.15, 0.2) is 0 Å². The van der Waals surface area contributed by atoms with Gasteiger partial charge in [0.25, 0.3) is 5.91 Å². The highest BCUT2D eigenvalue weighted by molar-refractivity contribution is 5.97. The van der Waals surface area contributed by atoms with Crippen LogP contribution in [0.3, 0.4) is 0 Å². The van der Waals surface area contributed by atoms with Crippen LogP contribution in [0.15, 0.2) is 48.5 Å². The smallest absolute Gasteiger partial charge is 0.328 e. The zero-order valence-electron chi connectivity index (χ0n) is 14.6. The molecule has 0 radical (unpaired) electrons. The van der Waals surface area contributed by atoms with Crippen LogP contribution in [0, 0.1) is 11.7 Å². The van der Waals surface area contributed by atoms with Crippen molar-refractivity contribution in [3.05, 3.63) is 71.0 Å². The molecule has 0 saturated heterocycles. The first-order valence-electron chi connectivity index (χ1n) is 8.13. The normalized spacial score (nSPS) is 11.9. The van der Waals surface area contributed by atoms with Crippen molar-refractivity contribution in [2.45, 2.75) is 26.3 Å². The largest absolute Gasteiger partial charge is 0.467 e. The van der Waals surface area contributed by atoms with Gasteiger partial charge in [0, 0.05) is 0 Å². The van der Waals surface area contributed by atoms with Crippen LogP contribution in [-0.2, 0) is 16.0 Å². The number of hydrogen-bond acceptors (Lipinski definition) is 3. The third-order valence-corrected chi connectivity index (χ3v) is 3.93. The molecule has 4 nitrogen and oxygen atoms in total. The Balaban J connectivity index is 2.21. The first kappa shape index (κ1) is 18.6. The maximum Gasteiger partial charge on any atom is 0.328 e. The van der Waals surface area contributed by atoms with Gasteiger partial charge in [-0.2, -0.15) is 0 Å². The van der Waals surface area contributed by atoms with Crippen LogP contribution in [0.25, 0.3) is 0 Å². The first-order chi connectivity index (χ1) is 11.9. The molecule has 0 unspecified atom stereocenters. The van der Waals surface area contributed by atoms with Crippen LogP contribution >= 0.6 is 0 Å². The minimum Gasteiger partial charge on any atom is -0.467 e. The number of amides is 1. The van der Waals surface area contributed by atoms with Crippen molar-refractivity contribution in [2.24, 2.45) is 5.92 Å². The molecule has 1 atom stereocenters. The molecule has 2 rings (SSSR count). The molecule has 0 bridgehead atoms. The Morgan fingerprint density at radius 2 is 1.76 bits per heavy atom. The second kappa shape index (κ2) is 8.42. The summed E-state index contributed by atoms with van der Waals surface area (Å²) in [6.07, 6.45) is 0.589. The van der Waals surface area contributed by atoms with Gasteiger partial charge in [-0.15, -0.1) is 0 Å². The molecule has 132 valence electrons. The molecule has 0 spiro atoms. The van der Waals surface area contributed by atoms with E-state index in [-0.39, 0.29) is 11.5 Å². The maximum absolute atomic E-state index is 14.1. The summed E-state index contributed by atoms with van der Waals surface area (Å²) in [6, 6.07) is 13.3. The lowest BCUT2D eigenvalue weighted by Gasteiger charge is -2.20. The Bertz CT molecular complexity index is 744. The molecule has 1 amide bonds. The van der Waals surface area contributed by atoms with Crippen molar-refractivity contribution in [3.63, 3.8) is 0 Å². The van der Waals surface area contributed by atoms with Crippen molar-refractivity contribution in [1.29, 1.82) is 0 Å². The van der Waals surface area contributed by atoms with E-state index in [0.717, 1.165) is 11.1 Å². The number of hydrogen-bond donors (Lipinski definition) is 1. The average Bonchev–Trinajstić information content (AvgIpc) is 2.61. The topological polar surface area (TPSA) is 55.4 Å². The molecule has 25 heavy (non-hydrogen) atoms. The van der Waals surface area contributed by atoms with E-state index < -0.39 is 23.7 Å². The summed E-state index contributed by atoms with van der Waals surface area (Å²) in [5.74, 6) is -1.98. The molecule has 1 N–H and O–H groups in total. The minimum atomic E-state index is -0.824. The molecule has 0 fully saturated rings. The van der Waals surface area contributed by atoms with Crippen LogP contribution in [0.2, 0.25) is 0 Å². The van der Waals surface area contributed by atoms with E-state index in [2.05, 4.69) is 5.32 Å². The van der Waals surface area contributed by atoms with E-state index >= 15 is 0 Å². The van der Waals surface area contributed by atoms with Crippen molar-refractivity contribution in [1.82, 2.24) is 5.32 Å². The number of esters is 1. The summed E-state index contributed by atoms with van der Waals surface area (Å²) in [4.78, 5) is 24.2. The zero-order valence-corrected chi connectivity index (χ0v) is 14.6. The van der Waals surface area contributed by atoms with Gasteiger partial charge < -0.3 is 10.1 Å². The lowest BCUT2D eigenvalue weighted by molar-refractivity contribution is -0.144. The molecule has 0 heterocycles. The van der Waals surface area contributed by atoms with Gasteiger partial charge in [0.1, 0.15) is 11.9 Å². The van der Waals surface area contributed by atoms with E-state index in [1.807, 2.05) is 30.3 Å². The van der Waals surface area contributed by atoms with Crippen molar-refractivity contribution >= 4 is 11.9 Å². The Morgan fingerprint density at radius 3 is 2.36 bits per heavy atom. The highest BCUT2D eigenvalue weighted by Crippen LogP contribution is 2.15. The maximum atomic E-state index is 14.1. The lowest BCUT2D eigenvalue weighted by Crippen LogP contribution is -2.45. The summed E-state index contributed by atoms with van der Waals surface area (Å²) in [6.45, 7) is 3.56. The van der Waals surface area contributed by atoms with E-state index in [4.69, 9.17) is 4.74 Å². The van der Waals surface area contributed by atoms with Crippen molar-refractivity contribution in [2.75, 3.05) is 7.11 Å². The van der Waals surface area contributed by atoms with Gasteiger partial charge in [-0.1, -0.05) is 50.2 Å². The molecule has 0 aromatic heterocycles. The van der Waals surface area contributed by atoms with Crippen LogP contribution in [0.1, 0.15) is 35.3 Å². The third-order valence-electron chi connectivity index (χ3n) is 3.93. The number of halogens is 1. The van der Waals surface area contributed by atoms with Gasteiger partial charge in [0.05, 0.1) is 12.7 Å². The number of rotatable bonds is 6. The Morgan fingerprint density at radius 1 is 1.08 bits per heavy atom. The number of nitrogens with one attached hydrogen (secondary N) is 1. The van der Waals surface area contributed by atoms with Gasteiger partial charge in [-0.25, -0.2) is 9.18 Å². The minimum absolute atomic E-state index is 0.0806. The standard InChI is InChI=1S/C20H22FNO3/c1-13(2)18(20(24)25-3)22-19(23)16-12-15(9-10-17(16)21)11-14-7-5-4-6-8-14/h4-10,12-13,18H,11H2,1-3H3,(H,22,23)/t18-/m1/s1.